The van der Waals surface area contributed by atoms with Crippen LogP contribution in [0.1, 0.15) is 24.4 Å². The second kappa shape index (κ2) is 5.59. The van der Waals surface area contributed by atoms with Crippen LogP contribution < -0.4 is 5.73 Å². The van der Waals surface area contributed by atoms with Crippen molar-refractivity contribution in [2.45, 2.75) is 30.0 Å². The summed E-state index contributed by atoms with van der Waals surface area (Å²) in [5.74, 6) is 0. The Morgan fingerprint density at radius 1 is 1.25 bits per heavy atom. The lowest BCUT2D eigenvalue weighted by Gasteiger charge is -2.13. The smallest absolute Gasteiger partial charge is 0.324 e. The quantitative estimate of drug-likeness (QED) is 0.822. The molecule has 1 aromatic rings. The molecular weight excluding hydrogens is 235 g/mol. The number of alkyl halides is 3. The first-order valence-corrected chi connectivity index (χ1v) is 6.11. The molecule has 0 spiro atoms. The lowest BCUT2D eigenvalue weighted by atomic mass is 10.0. The van der Waals surface area contributed by atoms with Gasteiger partial charge in [0.2, 0.25) is 0 Å². The lowest BCUT2D eigenvalue weighted by molar-refractivity contribution is -0.136. The van der Waals surface area contributed by atoms with Crippen molar-refractivity contribution in [1.29, 1.82) is 0 Å². The average Bonchev–Trinajstić information content (AvgIpc) is 2.25. The summed E-state index contributed by atoms with van der Waals surface area (Å²) in [6, 6.07) is 6.76. The van der Waals surface area contributed by atoms with Crippen LogP contribution in [0, 0.1) is 0 Å². The summed E-state index contributed by atoms with van der Waals surface area (Å²) in [6.45, 7) is 0. The number of rotatable bonds is 4. The highest BCUT2D eigenvalue weighted by molar-refractivity contribution is 7.98. The molecule has 0 saturated heterocycles. The van der Waals surface area contributed by atoms with Crippen molar-refractivity contribution < 1.29 is 13.2 Å². The molecule has 0 aromatic heterocycles. The van der Waals surface area contributed by atoms with Crippen LogP contribution in [0.25, 0.3) is 0 Å². The second-order valence-corrected chi connectivity index (χ2v) is 4.41. The SMILES string of the molecule is CSc1ccc([C@H](N)CCC(F)(F)F)cc1. The molecule has 0 amide bonds. The van der Waals surface area contributed by atoms with E-state index in [1.807, 2.05) is 18.4 Å². The fourth-order valence-electron chi connectivity index (χ4n) is 1.34. The molecule has 2 N–H and O–H groups in total. The maximum atomic E-state index is 12.0. The van der Waals surface area contributed by atoms with E-state index in [0.29, 0.717) is 0 Å². The summed E-state index contributed by atoms with van der Waals surface area (Å²) in [4.78, 5) is 1.08. The van der Waals surface area contributed by atoms with Gasteiger partial charge in [-0.15, -0.1) is 11.8 Å². The van der Waals surface area contributed by atoms with E-state index in [9.17, 15) is 13.2 Å². The van der Waals surface area contributed by atoms with Crippen molar-refractivity contribution in [3.05, 3.63) is 29.8 Å². The molecule has 90 valence electrons. The number of hydrogen-bond acceptors (Lipinski definition) is 2. The average molecular weight is 249 g/mol. The van der Waals surface area contributed by atoms with Crippen molar-refractivity contribution in [3.8, 4) is 0 Å². The van der Waals surface area contributed by atoms with Crippen LogP contribution >= 0.6 is 11.8 Å². The molecule has 0 radical (unpaired) electrons. The van der Waals surface area contributed by atoms with Gasteiger partial charge in [-0.3, -0.25) is 0 Å². The molecule has 1 rings (SSSR count). The molecule has 0 fully saturated rings. The van der Waals surface area contributed by atoms with Gasteiger partial charge in [0.15, 0.2) is 0 Å². The topological polar surface area (TPSA) is 26.0 Å². The summed E-state index contributed by atoms with van der Waals surface area (Å²) in [5.41, 5.74) is 6.44. The third-order valence-electron chi connectivity index (χ3n) is 2.28. The highest BCUT2D eigenvalue weighted by atomic mass is 32.2. The molecule has 0 saturated carbocycles. The minimum absolute atomic E-state index is 0.0673. The Hall–Kier alpha value is -0.680. The Kier molecular flexibility index (Phi) is 4.68. The van der Waals surface area contributed by atoms with Gasteiger partial charge in [-0.25, -0.2) is 0 Å². The molecule has 16 heavy (non-hydrogen) atoms. The zero-order chi connectivity index (χ0) is 12.2. The molecule has 0 heterocycles. The standard InChI is InChI=1S/C11H14F3NS/c1-16-9-4-2-8(3-5-9)10(15)6-7-11(12,13)14/h2-5,10H,6-7,15H2,1H3/t10-/m1/s1. The Morgan fingerprint density at radius 3 is 2.25 bits per heavy atom. The summed E-state index contributed by atoms with van der Waals surface area (Å²) in [7, 11) is 0. The van der Waals surface area contributed by atoms with Gasteiger partial charge in [-0.05, 0) is 30.4 Å². The van der Waals surface area contributed by atoms with E-state index < -0.39 is 18.6 Å². The van der Waals surface area contributed by atoms with Crippen LogP contribution in [0.5, 0.6) is 0 Å². The van der Waals surface area contributed by atoms with E-state index in [1.54, 1.807) is 23.9 Å². The molecule has 1 aromatic carbocycles. The van der Waals surface area contributed by atoms with Crippen LogP contribution in [0.2, 0.25) is 0 Å². The van der Waals surface area contributed by atoms with E-state index in [1.165, 1.54) is 0 Å². The van der Waals surface area contributed by atoms with Gasteiger partial charge in [-0.1, -0.05) is 12.1 Å². The van der Waals surface area contributed by atoms with E-state index in [2.05, 4.69) is 0 Å². The van der Waals surface area contributed by atoms with E-state index in [-0.39, 0.29) is 6.42 Å². The number of hydrogen-bond donors (Lipinski definition) is 1. The van der Waals surface area contributed by atoms with Crippen LogP contribution in [-0.4, -0.2) is 12.4 Å². The van der Waals surface area contributed by atoms with Crippen LogP contribution in [-0.2, 0) is 0 Å². The molecule has 5 heteroatoms. The zero-order valence-electron chi connectivity index (χ0n) is 8.92. The minimum atomic E-state index is -4.13. The first kappa shape index (κ1) is 13.4. The first-order chi connectivity index (χ1) is 7.42. The summed E-state index contributed by atoms with van der Waals surface area (Å²) in [5, 5.41) is 0. The van der Waals surface area contributed by atoms with Gasteiger partial charge < -0.3 is 5.73 Å². The molecule has 0 aliphatic rings. The highest BCUT2D eigenvalue weighted by Crippen LogP contribution is 2.27. The summed E-state index contributed by atoms with van der Waals surface area (Å²) in [6.07, 6.45) is -3.09. The third kappa shape index (κ3) is 4.45. The number of benzene rings is 1. The van der Waals surface area contributed by atoms with Crippen LogP contribution in [0.4, 0.5) is 13.2 Å². The molecule has 0 bridgehead atoms. The van der Waals surface area contributed by atoms with Crippen molar-refractivity contribution in [3.63, 3.8) is 0 Å². The van der Waals surface area contributed by atoms with E-state index in [0.717, 1.165) is 10.5 Å². The predicted octanol–water partition coefficient (Wildman–Crippen LogP) is 3.75. The molecule has 0 aliphatic carbocycles. The Labute approximate surface area is 97.2 Å². The van der Waals surface area contributed by atoms with Gasteiger partial charge in [-0.2, -0.15) is 13.2 Å². The molecule has 0 unspecified atom stereocenters. The minimum Gasteiger partial charge on any atom is -0.324 e. The Balaban J connectivity index is 2.56. The maximum absolute atomic E-state index is 12.0. The maximum Gasteiger partial charge on any atom is 0.389 e. The number of halogens is 3. The van der Waals surface area contributed by atoms with Gasteiger partial charge >= 0.3 is 6.18 Å². The molecule has 1 atom stereocenters. The largest absolute Gasteiger partial charge is 0.389 e. The molecular formula is C11H14F3NS. The van der Waals surface area contributed by atoms with E-state index in [4.69, 9.17) is 5.73 Å². The zero-order valence-corrected chi connectivity index (χ0v) is 9.74. The van der Waals surface area contributed by atoms with Crippen molar-refractivity contribution in [2.24, 2.45) is 5.73 Å². The second-order valence-electron chi connectivity index (χ2n) is 3.53. The Morgan fingerprint density at radius 2 is 1.81 bits per heavy atom. The number of nitrogens with two attached hydrogens (primary N) is 1. The van der Waals surface area contributed by atoms with Gasteiger partial charge in [0.25, 0.3) is 0 Å². The van der Waals surface area contributed by atoms with Crippen LogP contribution in [0.3, 0.4) is 0 Å². The monoisotopic (exact) mass is 249 g/mol. The third-order valence-corrected chi connectivity index (χ3v) is 3.03. The predicted molar refractivity (Wildman–Crippen MR) is 60.4 cm³/mol. The Bertz CT molecular complexity index is 321. The number of thioether (sulfide) groups is 1. The summed E-state index contributed by atoms with van der Waals surface area (Å²) < 4.78 is 36.0. The first-order valence-electron chi connectivity index (χ1n) is 4.88. The van der Waals surface area contributed by atoms with Crippen molar-refractivity contribution >= 4 is 11.8 Å². The van der Waals surface area contributed by atoms with E-state index >= 15 is 0 Å². The van der Waals surface area contributed by atoms with Crippen molar-refractivity contribution in [2.75, 3.05) is 6.26 Å². The van der Waals surface area contributed by atoms with Crippen LogP contribution in [0.15, 0.2) is 29.2 Å². The van der Waals surface area contributed by atoms with Gasteiger partial charge in [0.1, 0.15) is 0 Å². The fourth-order valence-corrected chi connectivity index (χ4v) is 1.75. The highest BCUT2D eigenvalue weighted by Gasteiger charge is 2.27. The lowest BCUT2D eigenvalue weighted by Crippen LogP contribution is -2.15. The normalized spacial score (nSPS) is 13.8. The van der Waals surface area contributed by atoms with Gasteiger partial charge in [0.05, 0.1) is 0 Å². The molecule has 0 aliphatic heterocycles. The summed E-state index contributed by atoms with van der Waals surface area (Å²) >= 11 is 1.59. The van der Waals surface area contributed by atoms with Gasteiger partial charge in [0, 0.05) is 17.4 Å². The fraction of sp³-hybridized carbons (Fsp3) is 0.455. The molecule has 1 nitrogen and oxygen atoms in total. The van der Waals surface area contributed by atoms with Crippen molar-refractivity contribution in [1.82, 2.24) is 0 Å².